The van der Waals surface area contributed by atoms with Gasteiger partial charge in [-0.2, -0.15) is 5.10 Å². The SMILES string of the molecule is NC(=O)C1CC(C(=O)N2CCc3sccc3C2)=NN1c1ccccc1. The molecule has 128 valence electrons. The Hall–Kier alpha value is -2.67. The van der Waals surface area contributed by atoms with Crippen LogP contribution in [0.25, 0.3) is 0 Å². The molecule has 1 aromatic heterocycles. The molecule has 1 atom stereocenters. The number of anilines is 1. The molecule has 6 nitrogen and oxygen atoms in total. The van der Waals surface area contributed by atoms with E-state index < -0.39 is 11.9 Å². The molecule has 0 radical (unpaired) electrons. The van der Waals surface area contributed by atoms with Crippen LogP contribution in [-0.2, 0) is 22.6 Å². The molecule has 0 saturated carbocycles. The van der Waals surface area contributed by atoms with Gasteiger partial charge in [-0.25, -0.2) is 0 Å². The number of nitrogens with zero attached hydrogens (tertiary/aromatic N) is 3. The quantitative estimate of drug-likeness (QED) is 0.912. The van der Waals surface area contributed by atoms with E-state index in [0.29, 0.717) is 18.8 Å². The zero-order valence-electron chi connectivity index (χ0n) is 13.6. The molecular formula is C18H18N4O2S. The second-order valence-electron chi connectivity index (χ2n) is 6.19. The minimum Gasteiger partial charge on any atom is -0.368 e. The maximum absolute atomic E-state index is 12.9. The molecule has 3 heterocycles. The first-order valence-electron chi connectivity index (χ1n) is 8.19. The molecule has 25 heavy (non-hydrogen) atoms. The third-order valence-electron chi connectivity index (χ3n) is 4.60. The third kappa shape index (κ3) is 2.91. The maximum Gasteiger partial charge on any atom is 0.270 e. The van der Waals surface area contributed by atoms with Crippen molar-refractivity contribution < 1.29 is 9.59 Å². The summed E-state index contributed by atoms with van der Waals surface area (Å²) in [5.41, 5.74) is 7.89. The molecule has 0 fully saturated rings. The number of hydrogen-bond acceptors (Lipinski definition) is 5. The van der Waals surface area contributed by atoms with E-state index in [-0.39, 0.29) is 12.3 Å². The Labute approximate surface area is 149 Å². The fraction of sp³-hybridized carbons (Fsp3) is 0.278. The smallest absolute Gasteiger partial charge is 0.270 e. The van der Waals surface area contributed by atoms with Crippen molar-refractivity contribution in [3.63, 3.8) is 0 Å². The predicted octanol–water partition coefficient (Wildman–Crippen LogP) is 1.75. The molecule has 0 bridgehead atoms. The van der Waals surface area contributed by atoms with Crippen LogP contribution >= 0.6 is 11.3 Å². The normalized spacial score (nSPS) is 19.5. The summed E-state index contributed by atoms with van der Waals surface area (Å²) in [7, 11) is 0. The highest BCUT2D eigenvalue weighted by Gasteiger charge is 2.37. The number of carbonyl (C=O) groups excluding carboxylic acids is 2. The molecule has 2 amide bonds. The summed E-state index contributed by atoms with van der Waals surface area (Å²) in [6.45, 7) is 1.28. The number of nitrogens with two attached hydrogens (primary N) is 1. The highest BCUT2D eigenvalue weighted by molar-refractivity contribution is 7.10. The lowest BCUT2D eigenvalue weighted by atomic mass is 10.1. The van der Waals surface area contributed by atoms with Gasteiger partial charge in [-0.15, -0.1) is 11.3 Å². The molecule has 2 aliphatic heterocycles. The van der Waals surface area contributed by atoms with Gasteiger partial charge >= 0.3 is 0 Å². The number of fused-ring (bicyclic) bond motifs is 1. The predicted molar refractivity (Wildman–Crippen MR) is 97.4 cm³/mol. The van der Waals surface area contributed by atoms with Gasteiger partial charge in [-0.05, 0) is 35.6 Å². The second kappa shape index (κ2) is 6.33. The van der Waals surface area contributed by atoms with Gasteiger partial charge in [-0.1, -0.05) is 18.2 Å². The minimum absolute atomic E-state index is 0.110. The molecule has 2 N–H and O–H groups in total. The lowest BCUT2D eigenvalue weighted by Gasteiger charge is -2.26. The summed E-state index contributed by atoms with van der Waals surface area (Å²) in [6, 6.07) is 10.8. The van der Waals surface area contributed by atoms with Crippen LogP contribution in [0.5, 0.6) is 0 Å². The number of rotatable bonds is 3. The number of para-hydroxylation sites is 1. The van der Waals surface area contributed by atoms with E-state index >= 15 is 0 Å². The summed E-state index contributed by atoms with van der Waals surface area (Å²) in [4.78, 5) is 27.9. The summed E-state index contributed by atoms with van der Waals surface area (Å²) < 4.78 is 0. The van der Waals surface area contributed by atoms with Crippen molar-refractivity contribution in [3.8, 4) is 0 Å². The average molecular weight is 354 g/mol. The Morgan fingerprint density at radius 2 is 2.00 bits per heavy atom. The van der Waals surface area contributed by atoms with E-state index in [2.05, 4.69) is 16.5 Å². The van der Waals surface area contributed by atoms with Crippen LogP contribution in [0.15, 0.2) is 46.9 Å². The molecule has 0 saturated heterocycles. The number of hydrogen-bond donors (Lipinski definition) is 1. The van der Waals surface area contributed by atoms with E-state index in [1.54, 1.807) is 21.2 Å². The number of primary amides is 1. The molecule has 2 aromatic rings. The first-order valence-corrected chi connectivity index (χ1v) is 9.07. The molecule has 1 aromatic carbocycles. The number of hydrazone groups is 1. The molecule has 7 heteroatoms. The van der Waals surface area contributed by atoms with Crippen LogP contribution in [0, 0.1) is 0 Å². The largest absolute Gasteiger partial charge is 0.368 e. The Morgan fingerprint density at radius 1 is 1.20 bits per heavy atom. The lowest BCUT2D eigenvalue weighted by Crippen LogP contribution is -2.41. The third-order valence-corrected chi connectivity index (χ3v) is 5.62. The van der Waals surface area contributed by atoms with Gasteiger partial charge in [0.15, 0.2) is 0 Å². The van der Waals surface area contributed by atoms with E-state index in [0.717, 1.165) is 12.1 Å². The van der Waals surface area contributed by atoms with E-state index in [1.165, 1.54) is 10.4 Å². The Morgan fingerprint density at radius 3 is 2.76 bits per heavy atom. The van der Waals surface area contributed by atoms with Crippen molar-refractivity contribution in [2.24, 2.45) is 10.8 Å². The van der Waals surface area contributed by atoms with Crippen LogP contribution in [0.1, 0.15) is 16.9 Å². The highest BCUT2D eigenvalue weighted by atomic mass is 32.1. The van der Waals surface area contributed by atoms with Gasteiger partial charge in [0.2, 0.25) is 5.91 Å². The van der Waals surface area contributed by atoms with Gasteiger partial charge in [0.25, 0.3) is 5.91 Å². The van der Waals surface area contributed by atoms with Crippen LogP contribution in [0.4, 0.5) is 5.69 Å². The lowest BCUT2D eigenvalue weighted by molar-refractivity contribution is -0.125. The zero-order chi connectivity index (χ0) is 17.4. The Balaban J connectivity index is 1.58. The first kappa shape index (κ1) is 15.8. The zero-order valence-corrected chi connectivity index (χ0v) is 14.4. The van der Waals surface area contributed by atoms with Gasteiger partial charge in [-0.3, -0.25) is 14.6 Å². The fourth-order valence-electron chi connectivity index (χ4n) is 3.28. The monoisotopic (exact) mass is 354 g/mol. The Kier molecular flexibility index (Phi) is 4.01. The average Bonchev–Trinajstić information content (AvgIpc) is 3.28. The molecule has 0 spiro atoms. The van der Waals surface area contributed by atoms with Crippen LogP contribution in [0.3, 0.4) is 0 Å². The van der Waals surface area contributed by atoms with Crippen LogP contribution in [0.2, 0.25) is 0 Å². The number of amides is 2. The summed E-state index contributed by atoms with van der Waals surface area (Å²) >= 11 is 1.74. The maximum atomic E-state index is 12.9. The standard InChI is InChI=1S/C18H18N4O2S/c19-17(23)15-10-14(20-22(15)13-4-2-1-3-5-13)18(24)21-8-6-16-12(11-21)7-9-25-16/h1-5,7,9,15H,6,8,10-11H2,(H2,19,23). The van der Waals surface area contributed by atoms with Crippen molar-refractivity contribution in [2.45, 2.75) is 25.4 Å². The minimum atomic E-state index is -0.622. The molecular weight excluding hydrogens is 336 g/mol. The van der Waals surface area contributed by atoms with Crippen LogP contribution in [-0.4, -0.2) is 35.0 Å². The Bertz CT molecular complexity index is 846. The number of benzene rings is 1. The van der Waals surface area contributed by atoms with Crippen molar-refractivity contribution in [1.29, 1.82) is 0 Å². The molecule has 1 unspecified atom stereocenters. The summed E-state index contributed by atoms with van der Waals surface area (Å²) in [5.74, 6) is -0.587. The van der Waals surface area contributed by atoms with E-state index in [9.17, 15) is 9.59 Å². The van der Waals surface area contributed by atoms with Gasteiger partial charge in [0, 0.05) is 24.4 Å². The van der Waals surface area contributed by atoms with E-state index in [1.807, 2.05) is 30.3 Å². The number of thiophene rings is 1. The number of carbonyl (C=O) groups is 2. The fourth-order valence-corrected chi connectivity index (χ4v) is 4.17. The summed E-state index contributed by atoms with van der Waals surface area (Å²) in [6.07, 6.45) is 1.11. The summed E-state index contributed by atoms with van der Waals surface area (Å²) in [5, 5.41) is 8.07. The second-order valence-corrected chi connectivity index (χ2v) is 7.20. The van der Waals surface area contributed by atoms with Crippen LogP contribution < -0.4 is 10.7 Å². The van der Waals surface area contributed by atoms with Crippen molar-refractivity contribution in [1.82, 2.24) is 4.90 Å². The van der Waals surface area contributed by atoms with Crippen molar-refractivity contribution >= 4 is 34.6 Å². The first-order chi connectivity index (χ1) is 12.1. The van der Waals surface area contributed by atoms with Crippen molar-refractivity contribution in [3.05, 3.63) is 52.2 Å². The topological polar surface area (TPSA) is 79.0 Å². The molecule has 4 rings (SSSR count). The van der Waals surface area contributed by atoms with Gasteiger partial charge in [0.1, 0.15) is 11.8 Å². The van der Waals surface area contributed by atoms with Gasteiger partial charge < -0.3 is 10.6 Å². The van der Waals surface area contributed by atoms with Gasteiger partial charge in [0.05, 0.1) is 5.69 Å². The van der Waals surface area contributed by atoms with E-state index in [4.69, 9.17) is 5.73 Å². The van der Waals surface area contributed by atoms with Crippen molar-refractivity contribution in [2.75, 3.05) is 11.6 Å². The molecule has 2 aliphatic rings. The molecule has 0 aliphatic carbocycles. The highest BCUT2D eigenvalue weighted by Crippen LogP contribution is 2.27.